The average Bonchev–Trinajstić information content (AvgIpc) is 2.99. The Hall–Kier alpha value is -2.50. The van der Waals surface area contributed by atoms with Crippen LogP contribution in [0.4, 0.5) is 10.6 Å². The monoisotopic (exact) mass is 329 g/mol. The lowest BCUT2D eigenvalue weighted by Gasteiger charge is -2.31. The van der Waals surface area contributed by atoms with Gasteiger partial charge in [-0.25, -0.2) is 4.79 Å². The van der Waals surface area contributed by atoms with Crippen LogP contribution in [0.25, 0.3) is 0 Å². The number of hydrogen-bond acceptors (Lipinski definition) is 4. The molecule has 3 rings (SSSR count). The number of phenols is 1. The van der Waals surface area contributed by atoms with Crippen LogP contribution in [0.1, 0.15) is 30.6 Å². The van der Waals surface area contributed by atoms with Gasteiger partial charge in [0.05, 0.1) is 0 Å². The highest BCUT2D eigenvalue weighted by Gasteiger charge is 2.23. The number of aryl methyl sites for hydroxylation is 2. The van der Waals surface area contributed by atoms with E-state index in [2.05, 4.69) is 10.5 Å². The van der Waals surface area contributed by atoms with Gasteiger partial charge in [0, 0.05) is 19.2 Å². The maximum absolute atomic E-state index is 12.2. The standard InChI is InChI=1S/C18H23N3O3/c1-13-12-17(20-24-13)19-18(23)21-10-8-15(9-11-21)3-2-14-4-6-16(22)7-5-14/h4-7,12,15,22H,2-3,8-11H2,1H3,(H,19,20,23). The molecule has 0 bridgehead atoms. The van der Waals surface area contributed by atoms with Gasteiger partial charge < -0.3 is 14.5 Å². The third-order valence-electron chi connectivity index (χ3n) is 4.54. The summed E-state index contributed by atoms with van der Waals surface area (Å²) in [7, 11) is 0. The molecule has 0 aliphatic carbocycles. The van der Waals surface area contributed by atoms with Crippen LogP contribution in [0, 0.1) is 12.8 Å². The number of aromatic hydroxyl groups is 1. The molecule has 2 heterocycles. The normalized spacial score (nSPS) is 15.5. The Bertz CT molecular complexity index is 673. The lowest BCUT2D eigenvalue weighted by Crippen LogP contribution is -2.41. The minimum absolute atomic E-state index is 0.111. The number of phenolic OH excluding ortho intramolecular Hbond substituents is 1. The Balaban J connectivity index is 1.42. The largest absolute Gasteiger partial charge is 0.508 e. The third kappa shape index (κ3) is 4.28. The zero-order valence-electron chi connectivity index (χ0n) is 13.9. The second-order valence-electron chi connectivity index (χ2n) is 6.39. The molecule has 0 unspecified atom stereocenters. The van der Waals surface area contributed by atoms with Gasteiger partial charge in [0.15, 0.2) is 5.82 Å². The minimum Gasteiger partial charge on any atom is -0.508 e. The summed E-state index contributed by atoms with van der Waals surface area (Å²) in [6.07, 6.45) is 4.16. The minimum atomic E-state index is -0.111. The van der Waals surface area contributed by atoms with Gasteiger partial charge in [-0.15, -0.1) is 0 Å². The number of piperidine rings is 1. The SMILES string of the molecule is Cc1cc(NC(=O)N2CCC(CCc3ccc(O)cc3)CC2)no1. The van der Waals surface area contributed by atoms with Crippen LogP contribution in [0.15, 0.2) is 34.9 Å². The lowest BCUT2D eigenvalue weighted by atomic mass is 9.90. The van der Waals surface area contributed by atoms with E-state index >= 15 is 0 Å². The number of anilines is 1. The topological polar surface area (TPSA) is 78.6 Å². The summed E-state index contributed by atoms with van der Waals surface area (Å²) in [6.45, 7) is 3.33. The molecule has 1 fully saturated rings. The number of aromatic nitrogens is 1. The molecule has 1 aromatic heterocycles. The fraction of sp³-hybridized carbons (Fsp3) is 0.444. The predicted molar refractivity (Wildman–Crippen MR) is 91.0 cm³/mol. The molecule has 2 N–H and O–H groups in total. The zero-order valence-corrected chi connectivity index (χ0v) is 13.9. The molecule has 1 aliphatic heterocycles. The summed E-state index contributed by atoms with van der Waals surface area (Å²) in [6, 6.07) is 9.00. The molecular formula is C18H23N3O3. The van der Waals surface area contributed by atoms with Crippen molar-refractivity contribution in [1.82, 2.24) is 10.1 Å². The van der Waals surface area contributed by atoms with Gasteiger partial charge in [0.1, 0.15) is 11.5 Å². The highest BCUT2D eigenvalue weighted by Crippen LogP contribution is 2.23. The maximum atomic E-state index is 12.2. The van der Waals surface area contributed by atoms with Gasteiger partial charge in [0.25, 0.3) is 0 Å². The second-order valence-corrected chi connectivity index (χ2v) is 6.39. The van der Waals surface area contributed by atoms with E-state index in [9.17, 15) is 9.90 Å². The molecule has 1 saturated heterocycles. The van der Waals surface area contributed by atoms with E-state index < -0.39 is 0 Å². The lowest BCUT2D eigenvalue weighted by molar-refractivity contribution is 0.180. The number of hydrogen-bond donors (Lipinski definition) is 2. The fourth-order valence-corrected chi connectivity index (χ4v) is 3.07. The summed E-state index contributed by atoms with van der Waals surface area (Å²) >= 11 is 0. The first kappa shape index (κ1) is 16.4. The van der Waals surface area contributed by atoms with E-state index in [-0.39, 0.29) is 6.03 Å². The van der Waals surface area contributed by atoms with Gasteiger partial charge in [-0.1, -0.05) is 17.3 Å². The molecular weight excluding hydrogens is 306 g/mol. The summed E-state index contributed by atoms with van der Waals surface area (Å²) in [5.41, 5.74) is 1.24. The molecule has 1 aliphatic rings. The van der Waals surface area contributed by atoms with Crippen molar-refractivity contribution >= 4 is 11.8 Å². The molecule has 0 radical (unpaired) electrons. The van der Waals surface area contributed by atoms with Gasteiger partial charge >= 0.3 is 6.03 Å². The van der Waals surface area contributed by atoms with Crippen molar-refractivity contribution in [2.45, 2.75) is 32.6 Å². The first-order valence-electron chi connectivity index (χ1n) is 8.37. The Labute approximate surface area is 141 Å². The summed E-state index contributed by atoms with van der Waals surface area (Å²) in [5.74, 6) is 2.09. The van der Waals surface area contributed by atoms with Crippen LogP contribution in [-0.2, 0) is 6.42 Å². The average molecular weight is 329 g/mol. The Morgan fingerprint density at radius 1 is 1.33 bits per heavy atom. The molecule has 128 valence electrons. The van der Waals surface area contributed by atoms with Crippen molar-refractivity contribution in [1.29, 1.82) is 0 Å². The number of nitrogens with one attached hydrogen (secondary N) is 1. The molecule has 2 amide bonds. The molecule has 6 heteroatoms. The van der Waals surface area contributed by atoms with E-state index in [1.807, 2.05) is 17.0 Å². The zero-order chi connectivity index (χ0) is 16.9. The van der Waals surface area contributed by atoms with Crippen LogP contribution >= 0.6 is 0 Å². The van der Waals surface area contributed by atoms with Crippen molar-refractivity contribution in [2.24, 2.45) is 5.92 Å². The van der Waals surface area contributed by atoms with Crippen molar-refractivity contribution in [3.8, 4) is 5.75 Å². The molecule has 6 nitrogen and oxygen atoms in total. The Morgan fingerprint density at radius 2 is 2.04 bits per heavy atom. The van der Waals surface area contributed by atoms with E-state index in [1.54, 1.807) is 25.1 Å². The highest BCUT2D eigenvalue weighted by atomic mass is 16.5. The van der Waals surface area contributed by atoms with Gasteiger partial charge in [0.2, 0.25) is 0 Å². The third-order valence-corrected chi connectivity index (χ3v) is 4.54. The van der Waals surface area contributed by atoms with Crippen LogP contribution in [-0.4, -0.2) is 34.3 Å². The summed E-state index contributed by atoms with van der Waals surface area (Å²) < 4.78 is 4.95. The number of carbonyl (C=O) groups is 1. The molecule has 0 saturated carbocycles. The van der Waals surface area contributed by atoms with Crippen molar-refractivity contribution in [2.75, 3.05) is 18.4 Å². The van der Waals surface area contributed by atoms with Crippen molar-refractivity contribution < 1.29 is 14.4 Å². The number of likely N-dealkylation sites (tertiary alicyclic amines) is 1. The fourth-order valence-electron chi connectivity index (χ4n) is 3.07. The number of urea groups is 1. The van der Waals surface area contributed by atoms with Crippen LogP contribution in [0.2, 0.25) is 0 Å². The van der Waals surface area contributed by atoms with Crippen LogP contribution < -0.4 is 5.32 Å². The smallest absolute Gasteiger partial charge is 0.323 e. The van der Waals surface area contributed by atoms with Gasteiger partial charge in [-0.3, -0.25) is 5.32 Å². The van der Waals surface area contributed by atoms with Crippen molar-refractivity contribution in [3.05, 3.63) is 41.7 Å². The first-order valence-corrected chi connectivity index (χ1v) is 8.37. The summed E-state index contributed by atoms with van der Waals surface area (Å²) in [4.78, 5) is 14.0. The van der Waals surface area contributed by atoms with Crippen LogP contribution in [0.3, 0.4) is 0 Å². The first-order chi connectivity index (χ1) is 11.6. The number of amides is 2. The number of rotatable bonds is 4. The van der Waals surface area contributed by atoms with E-state index in [4.69, 9.17) is 4.52 Å². The summed E-state index contributed by atoms with van der Waals surface area (Å²) in [5, 5.41) is 15.9. The predicted octanol–water partition coefficient (Wildman–Crippen LogP) is 3.57. The maximum Gasteiger partial charge on any atom is 0.323 e. The molecule has 0 spiro atoms. The Morgan fingerprint density at radius 3 is 2.67 bits per heavy atom. The number of benzene rings is 1. The molecule has 1 aromatic carbocycles. The van der Waals surface area contributed by atoms with Crippen LogP contribution in [0.5, 0.6) is 5.75 Å². The van der Waals surface area contributed by atoms with Crippen molar-refractivity contribution in [3.63, 3.8) is 0 Å². The quantitative estimate of drug-likeness (QED) is 0.899. The van der Waals surface area contributed by atoms with E-state index in [0.29, 0.717) is 23.2 Å². The highest BCUT2D eigenvalue weighted by molar-refractivity contribution is 5.88. The van der Waals surface area contributed by atoms with Gasteiger partial charge in [-0.05, 0) is 56.2 Å². The number of carbonyl (C=O) groups excluding carboxylic acids is 1. The van der Waals surface area contributed by atoms with E-state index in [1.165, 1.54) is 5.56 Å². The number of nitrogens with zero attached hydrogens (tertiary/aromatic N) is 2. The van der Waals surface area contributed by atoms with Gasteiger partial charge in [-0.2, -0.15) is 0 Å². The molecule has 0 atom stereocenters. The molecule has 2 aromatic rings. The molecule has 24 heavy (non-hydrogen) atoms. The van der Waals surface area contributed by atoms with E-state index in [0.717, 1.165) is 38.8 Å². The Kier molecular flexibility index (Phi) is 5.03. The second kappa shape index (κ2) is 7.38.